The minimum absolute atomic E-state index is 0.0350. The Morgan fingerprint density at radius 3 is 2.38 bits per heavy atom. The van der Waals surface area contributed by atoms with E-state index in [0.717, 1.165) is 0 Å². The number of esters is 1. The molecule has 3 atom stereocenters. The minimum atomic E-state index is -1.09. The molecule has 0 aromatic carbocycles. The van der Waals surface area contributed by atoms with Gasteiger partial charge >= 0.3 is 5.97 Å². The second-order valence-electron chi connectivity index (χ2n) is 8.44. The number of ether oxygens (including phenoxy) is 5. The molecule has 1 aliphatic rings. The molecule has 0 saturated carbocycles. The van der Waals surface area contributed by atoms with Crippen molar-refractivity contribution in [3.8, 4) is 11.5 Å². The third-order valence-corrected chi connectivity index (χ3v) is 4.57. The van der Waals surface area contributed by atoms with Gasteiger partial charge in [0.15, 0.2) is 23.2 Å². The number of nitrogens with one attached hydrogen (secondary N) is 1. The second-order valence-corrected chi connectivity index (χ2v) is 8.44. The second kappa shape index (κ2) is 12.6. The van der Waals surface area contributed by atoms with Crippen LogP contribution in [-0.4, -0.2) is 80.4 Å². The first-order valence-electron chi connectivity index (χ1n) is 10.7. The molecule has 1 amide bonds. The lowest BCUT2D eigenvalue weighted by Gasteiger charge is -2.27. The number of amides is 1. The summed E-state index contributed by atoms with van der Waals surface area (Å²) >= 11 is 0. The van der Waals surface area contributed by atoms with Gasteiger partial charge in [-0.1, -0.05) is 27.7 Å². The lowest BCUT2D eigenvalue weighted by atomic mass is 10.2. The molecule has 1 aromatic rings. The van der Waals surface area contributed by atoms with Gasteiger partial charge in [-0.25, -0.2) is 9.78 Å². The van der Waals surface area contributed by atoms with E-state index in [1.165, 1.54) is 19.4 Å². The first kappa shape index (κ1) is 25.8. The molecular weight excluding hydrogens is 420 g/mol. The van der Waals surface area contributed by atoms with E-state index in [4.69, 9.17) is 23.7 Å². The van der Waals surface area contributed by atoms with E-state index in [0.29, 0.717) is 25.0 Å². The third kappa shape index (κ3) is 7.61. The lowest BCUT2D eigenvalue weighted by molar-refractivity contribution is -0.155. The van der Waals surface area contributed by atoms with Crippen LogP contribution in [0, 0.1) is 11.8 Å². The van der Waals surface area contributed by atoms with Crippen LogP contribution < -0.4 is 10.1 Å². The molecule has 32 heavy (non-hydrogen) atoms. The molecule has 10 heteroatoms. The molecule has 1 saturated heterocycles. The van der Waals surface area contributed by atoms with E-state index in [-0.39, 0.29) is 31.3 Å². The highest BCUT2D eigenvalue weighted by Crippen LogP contribution is 2.27. The van der Waals surface area contributed by atoms with E-state index in [1.54, 1.807) is 0 Å². The number of cyclic esters (lactones) is 1. The largest absolute Gasteiger partial charge is 0.503 e. The zero-order chi connectivity index (χ0) is 23.7. The Labute approximate surface area is 188 Å². The van der Waals surface area contributed by atoms with Crippen LogP contribution in [0.2, 0.25) is 0 Å². The average Bonchev–Trinajstić information content (AvgIpc) is 2.81. The zero-order valence-corrected chi connectivity index (χ0v) is 19.3. The molecule has 2 heterocycles. The van der Waals surface area contributed by atoms with Crippen molar-refractivity contribution in [3.05, 3.63) is 18.0 Å². The summed E-state index contributed by atoms with van der Waals surface area (Å²) in [6.45, 7) is 9.10. The average molecular weight is 455 g/mol. The molecule has 0 radical (unpaired) electrons. The van der Waals surface area contributed by atoms with E-state index in [9.17, 15) is 14.7 Å². The van der Waals surface area contributed by atoms with Crippen molar-refractivity contribution in [1.29, 1.82) is 0 Å². The maximum atomic E-state index is 12.6. The first-order valence-corrected chi connectivity index (χ1v) is 10.7. The third-order valence-electron chi connectivity index (χ3n) is 4.57. The Morgan fingerprint density at radius 1 is 1.16 bits per heavy atom. The van der Waals surface area contributed by atoms with Crippen LogP contribution in [0.4, 0.5) is 0 Å². The standard InChI is InChI=1S/C22H34N2O8/c1-13(2)8-30-17-11-29-10-15(22(27)32-12-18(17)31-9-14(3)4)24-21(26)19-20(25)16(28-5)6-7-23-19/h6-7,13-15,17-18,25H,8-12H2,1-5H3,(H,24,26). The van der Waals surface area contributed by atoms with Gasteiger partial charge in [-0.05, 0) is 11.8 Å². The van der Waals surface area contributed by atoms with Gasteiger partial charge in [-0.3, -0.25) is 4.79 Å². The summed E-state index contributed by atoms with van der Waals surface area (Å²) in [5.41, 5.74) is -0.270. The number of hydrogen-bond donors (Lipinski definition) is 2. The van der Waals surface area contributed by atoms with E-state index >= 15 is 0 Å². The lowest BCUT2D eigenvalue weighted by Crippen LogP contribution is -2.45. The number of aromatic nitrogens is 1. The Morgan fingerprint density at radius 2 is 1.78 bits per heavy atom. The van der Waals surface area contributed by atoms with Gasteiger partial charge < -0.3 is 34.1 Å². The topological polar surface area (TPSA) is 125 Å². The Balaban J connectivity index is 2.10. The van der Waals surface area contributed by atoms with E-state index in [1.807, 2.05) is 27.7 Å². The van der Waals surface area contributed by atoms with Gasteiger partial charge in [0.05, 0.1) is 20.3 Å². The Kier molecular flexibility index (Phi) is 10.1. The fourth-order valence-corrected chi connectivity index (χ4v) is 2.89. The number of methoxy groups -OCH3 is 1. The molecule has 10 nitrogen and oxygen atoms in total. The molecule has 1 aliphatic heterocycles. The smallest absolute Gasteiger partial charge is 0.331 e. The van der Waals surface area contributed by atoms with Gasteiger partial charge in [-0.2, -0.15) is 0 Å². The number of nitrogens with zero attached hydrogens (tertiary/aromatic N) is 1. The normalized spacial score (nSPS) is 22.1. The monoisotopic (exact) mass is 454 g/mol. The van der Waals surface area contributed by atoms with Crippen LogP contribution in [0.5, 0.6) is 11.5 Å². The summed E-state index contributed by atoms with van der Waals surface area (Å²) in [6.07, 6.45) is 0.389. The van der Waals surface area contributed by atoms with Crippen LogP contribution in [-0.2, 0) is 23.7 Å². The Hall–Kier alpha value is -2.43. The van der Waals surface area contributed by atoms with Crippen molar-refractivity contribution >= 4 is 11.9 Å². The maximum Gasteiger partial charge on any atom is 0.331 e. The van der Waals surface area contributed by atoms with E-state index in [2.05, 4.69) is 10.3 Å². The van der Waals surface area contributed by atoms with Crippen LogP contribution >= 0.6 is 0 Å². The van der Waals surface area contributed by atoms with Crippen LogP contribution in [0.3, 0.4) is 0 Å². The molecule has 2 rings (SSSR count). The highest BCUT2D eigenvalue weighted by Gasteiger charge is 2.32. The fourth-order valence-electron chi connectivity index (χ4n) is 2.89. The van der Waals surface area contributed by atoms with Gasteiger partial charge in [0, 0.05) is 25.5 Å². The number of aromatic hydroxyl groups is 1. The van der Waals surface area contributed by atoms with Crippen molar-refractivity contribution in [3.63, 3.8) is 0 Å². The van der Waals surface area contributed by atoms with Crippen molar-refractivity contribution in [2.24, 2.45) is 11.8 Å². The van der Waals surface area contributed by atoms with Crippen LogP contribution in [0.15, 0.2) is 12.3 Å². The molecule has 3 unspecified atom stereocenters. The molecule has 0 bridgehead atoms. The van der Waals surface area contributed by atoms with Gasteiger partial charge in [-0.15, -0.1) is 0 Å². The predicted octanol–water partition coefficient (Wildman–Crippen LogP) is 1.55. The predicted molar refractivity (Wildman–Crippen MR) is 115 cm³/mol. The summed E-state index contributed by atoms with van der Waals surface area (Å²) in [4.78, 5) is 29.1. The van der Waals surface area contributed by atoms with Crippen LogP contribution in [0.1, 0.15) is 38.2 Å². The van der Waals surface area contributed by atoms with Crippen molar-refractivity contribution in [2.45, 2.75) is 45.9 Å². The zero-order valence-electron chi connectivity index (χ0n) is 19.3. The summed E-state index contributed by atoms with van der Waals surface area (Å²) in [5, 5.41) is 12.7. The Bertz CT molecular complexity index is 755. The molecule has 0 spiro atoms. The fraction of sp³-hybridized carbons (Fsp3) is 0.682. The summed E-state index contributed by atoms with van der Waals surface area (Å²) < 4.78 is 28.0. The summed E-state index contributed by atoms with van der Waals surface area (Å²) in [7, 11) is 1.36. The van der Waals surface area contributed by atoms with E-state index < -0.39 is 35.9 Å². The van der Waals surface area contributed by atoms with Crippen molar-refractivity contribution in [2.75, 3.05) is 40.1 Å². The number of pyridine rings is 1. The van der Waals surface area contributed by atoms with Gasteiger partial charge in [0.25, 0.3) is 5.91 Å². The quantitative estimate of drug-likeness (QED) is 0.535. The number of carbonyl (C=O) groups is 2. The molecule has 180 valence electrons. The number of carbonyl (C=O) groups excluding carboxylic acids is 2. The maximum absolute atomic E-state index is 12.6. The van der Waals surface area contributed by atoms with Crippen molar-refractivity contribution in [1.82, 2.24) is 10.3 Å². The highest BCUT2D eigenvalue weighted by molar-refractivity contribution is 5.97. The molecular formula is C22H34N2O8. The van der Waals surface area contributed by atoms with Crippen molar-refractivity contribution < 1.29 is 38.4 Å². The minimum Gasteiger partial charge on any atom is -0.503 e. The molecule has 1 aromatic heterocycles. The number of hydrogen-bond acceptors (Lipinski definition) is 9. The molecule has 2 N–H and O–H groups in total. The first-order chi connectivity index (χ1) is 15.2. The highest BCUT2D eigenvalue weighted by atomic mass is 16.6. The van der Waals surface area contributed by atoms with Gasteiger partial charge in [0.2, 0.25) is 0 Å². The van der Waals surface area contributed by atoms with Gasteiger partial charge in [0.1, 0.15) is 18.8 Å². The molecule has 0 aliphatic carbocycles. The SMILES string of the molecule is COc1ccnc(C(=O)NC2COCC(OCC(C)C)C(OCC(C)C)COC2=O)c1O. The van der Waals surface area contributed by atoms with Crippen LogP contribution in [0.25, 0.3) is 0 Å². The number of rotatable bonds is 9. The summed E-state index contributed by atoms with van der Waals surface area (Å²) in [6, 6.07) is 0.322. The molecule has 1 fully saturated rings. The summed E-state index contributed by atoms with van der Waals surface area (Å²) in [5.74, 6) is -1.16.